The van der Waals surface area contributed by atoms with Crippen molar-refractivity contribution in [2.75, 3.05) is 19.7 Å². The maximum absolute atomic E-state index is 11.3. The molecule has 0 unspecified atom stereocenters. The summed E-state index contributed by atoms with van der Waals surface area (Å²) < 4.78 is 9.76. The van der Waals surface area contributed by atoms with Gasteiger partial charge in [-0.05, 0) is 38.0 Å². The van der Waals surface area contributed by atoms with Gasteiger partial charge in [0.05, 0.1) is 13.2 Å². The third-order valence-electron chi connectivity index (χ3n) is 2.48. The number of hydrogen-bond donors (Lipinski definition) is 0. The van der Waals surface area contributed by atoms with Gasteiger partial charge < -0.3 is 9.26 Å². The summed E-state index contributed by atoms with van der Waals surface area (Å²) in [7, 11) is 0. The second kappa shape index (κ2) is 5.07. The van der Waals surface area contributed by atoms with Gasteiger partial charge in [0, 0.05) is 0 Å². The van der Waals surface area contributed by atoms with Gasteiger partial charge in [0.25, 0.3) is 5.82 Å². The number of carbonyl (C=O) groups excluding carboxylic acids is 1. The fourth-order valence-corrected chi connectivity index (χ4v) is 1.73. The van der Waals surface area contributed by atoms with E-state index in [1.807, 2.05) is 0 Å². The van der Waals surface area contributed by atoms with Gasteiger partial charge in [0.2, 0.25) is 5.89 Å². The van der Waals surface area contributed by atoms with Crippen LogP contribution in [-0.2, 0) is 11.3 Å². The molecule has 6 heteroatoms. The Morgan fingerprint density at radius 3 is 2.94 bits per heavy atom. The molecule has 2 heterocycles. The van der Waals surface area contributed by atoms with Crippen molar-refractivity contribution in [3.63, 3.8) is 0 Å². The van der Waals surface area contributed by atoms with Crippen LogP contribution in [0.1, 0.15) is 36.3 Å². The third-order valence-corrected chi connectivity index (χ3v) is 2.48. The van der Waals surface area contributed by atoms with Crippen molar-refractivity contribution in [2.24, 2.45) is 0 Å². The Bertz CT molecular complexity index is 358. The molecule has 0 aliphatic carbocycles. The van der Waals surface area contributed by atoms with E-state index in [1.54, 1.807) is 6.92 Å². The van der Waals surface area contributed by atoms with Crippen molar-refractivity contribution >= 4 is 5.97 Å². The van der Waals surface area contributed by atoms with Crippen LogP contribution in [0.4, 0.5) is 0 Å². The highest BCUT2D eigenvalue weighted by molar-refractivity contribution is 5.84. The summed E-state index contributed by atoms with van der Waals surface area (Å²) in [6, 6.07) is 0. The molecule has 1 fully saturated rings. The molecule has 2 rings (SSSR count). The van der Waals surface area contributed by atoms with Gasteiger partial charge in [-0.2, -0.15) is 4.98 Å². The number of likely N-dealkylation sites (tertiary alicyclic amines) is 1. The Hall–Kier alpha value is -1.43. The van der Waals surface area contributed by atoms with Crippen molar-refractivity contribution in [3.05, 3.63) is 11.7 Å². The van der Waals surface area contributed by atoms with Crippen molar-refractivity contribution in [1.29, 1.82) is 0 Å². The quantitative estimate of drug-likeness (QED) is 0.707. The zero-order valence-corrected chi connectivity index (χ0v) is 9.31. The molecular weight excluding hydrogens is 210 g/mol. The van der Waals surface area contributed by atoms with Gasteiger partial charge in [0.1, 0.15) is 0 Å². The minimum Gasteiger partial charge on any atom is -0.460 e. The van der Waals surface area contributed by atoms with Crippen LogP contribution in [0.25, 0.3) is 0 Å². The molecule has 0 spiro atoms. The minimum atomic E-state index is -0.529. The van der Waals surface area contributed by atoms with Crippen LogP contribution < -0.4 is 0 Å². The molecule has 1 aromatic rings. The van der Waals surface area contributed by atoms with E-state index in [0.29, 0.717) is 19.0 Å². The van der Waals surface area contributed by atoms with Gasteiger partial charge in [-0.25, -0.2) is 4.79 Å². The van der Waals surface area contributed by atoms with Crippen LogP contribution in [0, 0.1) is 0 Å². The van der Waals surface area contributed by atoms with E-state index < -0.39 is 5.97 Å². The maximum Gasteiger partial charge on any atom is 0.379 e. The van der Waals surface area contributed by atoms with E-state index in [0.717, 1.165) is 13.1 Å². The summed E-state index contributed by atoms with van der Waals surface area (Å²) in [5, 5.41) is 3.59. The number of ether oxygens (including phenoxy) is 1. The lowest BCUT2D eigenvalue weighted by molar-refractivity contribution is 0.0508. The number of carbonyl (C=O) groups is 1. The first-order valence-electron chi connectivity index (χ1n) is 5.51. The zero-order chi connectivity index (χ0) is 11.4. The van der Waals surface area contributed by atoms with Gasteiger partial charge >= 0.3 is 5.97 Å². The molecule has 0 amide bonds. The highest BCUT2D eigenvalue weighted by atomic mass is 16.5. The monoisotopic (exact) mass is 225 g/mol. The third kappa shape index (κ3) is 2.57. The molecule has 16 heavy (non-hydrogen) atoms. The van der Waals surface area contributed by atoms with E-state index in [9.17, 15) is 4.79 Å². The smallest absolute Gasteiger partial charge is 0.379 e. The van der Waals surface area contributed by atoms with Gasteiger partial charge in [-0.15, -0.1) is 0 Å². The Balaban J connectivity index is 1.93. The van der Waals surface area contributed by atoms with Crippen molar-refractivity contribution in [3.8, 4) is 0 Å². The van der Waals surface area contributed by atoms with Gasteiger partial charge in [-0.3, -0.25) is 4.90 Å². The van der Waals surface area contributed by atoms with Crippen LogP contribution in [0.5, 0.6) is 0 Å². The second-order valence-electron chi connectivity index (χ2n) is 3.72. The zero-order valence-electron chi connectivity index (χ0n) is 9.31. The highest BCUT2D eigenvalue weighted by Gasteiger charge is 2.19. The molecule has 0 N–H and O–H groups in total. The largest absolute Gasteiger partial charge is 0.460 e. The lowest BCUT2D eigenvalue weighted by Crippen LogP contribution is -2.18. The Labute approximate surface area is 93.6 Å². The Morgan fingerprint density at radius 2 is 2.25 bits per heavy atom. The van der Waals surface area contributed by atoms with E-state index in [-0.39, 0.29) is 5.82 Å². The van der Waals surface area contributed by atoms with Crippen LogP contribution in [0.15, 0.2) is 4.52 Å². The summed E-state index contributed by atoms with van der Waals surface area (Å²) in [5.74, 6) is -0.0417. The first-order valence-corrected chi connectivity index (χ1v) is 5.51. The molecule has 1 aliphatic rings. The molecule has 6 nitrogen and oxygen atoms in total. The molecule has 1 aromatic heterocycles. The first kappa shape index (κ1) is 11.1. The number of aromatic nitrogens is 2. The molecule has 0 radical (unpaired) electrons. The maximum atomic E-state index is 11.3. The number of hydrogen-bond acceptors (Lipinski definition) is 6. The summed E-state index contributed by atoms with van der Waals surface area (Å²) in [6.45, 7) is 4.78. The summed E-state index contributed by atoms with van der Waals surface area (Å²) in [6.07, 6.45) is 2.41. The molecular formula is C10H15N3O3. The fraction of sp³-hybridized carbons (Fsp3) is 0.700. The van der Waals surface area contributed by atoms with E-state index >= 15 is 0 Å². The second-order valence-corrected chi connectivity index (χ2v) is 3.72. The first-order chi connectivity index (χ1) is 7.79. The topological polar surface area (TPSA) is 68.5 Å². The average molecular weight is 225 g/mol. The average Bonchev–Trinajstić information content (AvgIpc) is 2.90. The van der Waals surface area contributed by atoms with Crippen LogP contribution >= 0.6 is 0 Å². The molecule has 0 saturated carbocycles. The number of rotatable bonds is 4. The predicted octanol–water partition coefficient (Wildman–Crippen LogP) is 0.842. The predicted molar refractivity (Wildman–Crippen MR) is 54.8 cm³/mol. The van der Waals surface area contributed by atoms with Crippen molar-refractivity contribution in [1.82, 2.24) is 15.0 Å². The lowest BCUT2D eigenvalue weighted by atomic mass is 10.4. The SMILES string of the molecule is CCOC(=O)c1noc(CN2CCCC2)n1. The minimum absolute atomic E-state index is 0.0102. The molecule has 88 valence electrons. The Morgan fingerprint density at radius 1 is 1.50 bits per heavy atom. The lowest BCUT2D eigenvalue weighted by Gasteiger charge is -2.09. The number of esters is 1. The van der Waals surface area contributed by atoms with E-state index in [4.69, 9.17) is 9.26 Å². The standard InChI is InChI=1S/C10H15N3O3/c1-2-15-10(14)9-11-8(16-12-9)7-13-5-3-4-6-13/h2-7H2,1H3. The molecule has 0 bridgehead atoms. The van der Waals surface area contributed by atoms with E-state index in [2.05, 4.69) is 15.0 Å². The molecule has 1 saturated heterocycles. The number of nitrogens with zero attached hydrogens (tertiary/aromatic N) is 3. The molecule has 0 aromatic carbocycles. The molecule has 0 atom stereocenters. The highest BCUT2D eigenvalue weighted by Crippen LogP contribution is 2.11. The van der Waals surface area contributed by atoms with Crippen LogP contribution in [0.2, 0.25) is 0 Å². The summed E-state index contributed by atoms with van der Waals surface area (Å²) >= 11 is 0. The van der Waals surface area contributed by atoms with Crippen LogP contribution in [-0.4, -0.2) is 40.7 Å². The van der Waals surface area contributed by atoms with Crippen LogP contribution in [0.3, 0.4) is 0 Å². The van der Waals surface area contributed by atoms with Crippen molar-refractivity contribution in [2.45, 2.75) is 26.3 Å². The normalized spacial score (nSPS) is 16.6. The van der Waals surface area contributed by atoms with E-state index in [1.165, 1.54) is 12.8 Å². The van der Waals surface area contributed by atoms with Gasteiger partial charge in [-0.1, -0.05) is 0 Å². The fourth-order valence-electron chi connectivity index (χ4n) is 1.73. The van der Waals surface area contributed by atoms with Crippen molar-refractivity contribution < 1.29 is 14.1 Å². The summed E-state index contributed by atoms with van der Waals surface area (Å²) in [4.78, 5) is 17.5. The Kier molecular flexibility index (Phi) is 3.51. The van der Waals surface area contributed by atoms with Gasteiger partial charge in [0.15, 0.2) is 0 Å². The molecule has 1 aliphatic heterocycles. The summed E-state index contributed by atoms with van der Waals surface area (Å²) in [5.41, 5.74) is 0.